The lowest BCUT2D eigenvalue weighted by atomic mass is 10.0. The van der Waals surface area contributed by atoms with Gasteiger partial charge in [0.05, 0.1) is 6.61 Å². The maximum atomic E-state index is 12.9. The van der Waals surface area contributed by atoms with E-state index in [1.807, 2.05) is 32.9 Å². The van der Waals surface area contributed by atoms with E-state index >= 15 is 0 Å². The van der Waals surface area contributed by atoms with Crippen molar-refractivity contribution >= 4 is 23.3 Å². The van der Waals surface area contributed by atoms with Gasteiger partial charge in [-0.05, 0) is 107 Å². The average molecular weight is 601 g/mol. The fraction of sp³-hybridized carbons (Fsp3) is 0.429. The number of carbonyl (C=O) groups excluding carboxylic acids is 2. The molecule has 5 rings (SSSR count). The van der Waals surface area contributed by atoms with E-state index in [0.717, 1.165) is 31.4 Å². The molecule has 3 aromatic carbocycles. The molecule has 3 aromatic rings. The molecular weight excluding hydrogens is 556 g/mol. The molecule has 44 heavy (non-hydrogen) atoms. The molecule has 3 N–H and O–H groups in total. The molecule has 2 aliphatic rings. The van der Waals surface area contributed by atoms with Crippen LogP contribution >= 0.6 is 0 Å². The van der Waals surface area contributed by atoms with Gasteiger partial charge in [-0.2, -0.15) is 0 Å². The second-order valence-corrected chi connectivity index (χ2v) is 11.6. The van der Waals surface area contributed by atoms with Gasteiger partial charge in [-0.15, -0.1) is 0 Å². The summed E-state index contributed by atoms with van der Waals surface area (Å²) in [5.74, 6) is 2.20. The first-order valence-corrected chi connectivity index (χ1v) is 15.8. The maximum absolute atomic E-state index is 12.9. The highest BCUT2D eigenvalue weighted by Crippen LogP contribution is 2.44. The van der Waals surface area contributed by atoms with Gasteiger partial charge in [0.2, 0.25) is 0 Å². The van der Waals surface area contributed by atoms with Crippen LogP contribution in [0.15, 0.2) is 66.7 Å². The van der Waals surface area contributed by atoms with Crippen LogP contribution in [0.5, 0.6) is 23.0 Å². The van der Waals surface area contributed by atoms with Crippen molar-refractivity contribution in [3.8, 4) is 23.0 Å². The first-order chi connectivity index (χ1) is 21.3. The van der Waals surface area contributed by atoms with Crippen molar-refractivity contribution in [1.82, 2.24) is 10.2 Å². The molecule has 9 nitrogen and oxygen atoms in total. The van der Waals surface area contributed by atoms with Crippen LogP contribution in [-0.2, 0) is 0 Å². The Morgan fingerprint density at radius 3 is 2.27 bits per heavy atom. The van der Waals surface area contributed by atoms with Crippen molar-refractivity contribution in [1.29, 1.82) is 0 Å². The topological polar surface area (TPSA) is 101 Å². The van der Waals surface area contributed by atoms with E-state index in [1.54, 1.807) is 54.6 Å². The van der Waals surface area contributed by atoms with E-state index in [1.165, 1.54) is 19.3 Å². The highest BCUT2D eigenvalue weighted by molar-refractivity contribution is 6.04. The van der Waals surface area contributed by atoms with Crippen LogP contribution in [0, 0.1) is 0 Å². The summed E-state index contributed by atoms with van der Waals surface area (Å²) in [5.41, 5.74) is 1.59. The number of nitrogens with zero attached hydrogens (tertiary/aromatic N) is 1. The predicted octanol–water partition coefficient (Wildman–Crippen LogP) is 7.79. The van der Waals surface area contributed by atoms with Gasteiger partial charge in [0.25, 0.3) is 5.91 Å². The van der Waals surface area contributed by atoms with Gasteiger partial charge >= 0.3 is 6.03 Å². The van der Waals surface area contributed by atoms with Crippen LogP contribution in [0.3, 0.4) is 0 Å². The number of piperidine rings is 1. The minimum absolute atomic E-state index is 0.125. The van der Waals surface area contributed by atoms with Crippen LogP contribution in [0.4, 0.5) is 16.2 Å². The van der Waals surface area contributed by atoms with E-state index in [-0.39, 0.29) is 23.7 Å². The second kappa shape index (κ2) is 14.0. The van der Waals surface area contributed by atoms with Crippen LogP contribution in [-0.4, -0.2) is 48.3 Å². The average Bonchev–Trinajstić information content (AvgIpc) is 3.18. The van der Waals surface area contributed by atoms with Gasteiger partial charge < -0.3 is 30.2 Å². The summed E-state index contributed by atoms with van der Waals surface area (Å²) in [4.78, 5) is 27.7. The maximum Gasteiger partial charge on any atom is 0.319 e. The molecule has 0 aromatic heterocycles. The number of amides is 3. The van der Waals surface area contributed by atoms with E-state index in [9.17, 15) is 9.59 Å². The summed E-state index contributed by atoms with van der Waals surface area (Å²) >= 11 is 0. The largest absolute Gasteiger partial charge is 0.490 e. The highest BCUT2D eigenvalue weighted by atomic mass is 16.5. The molecule has 0 spiro atoms. The molecule has 2 bridgehead atoms. The number of anilines is 2. The zero-order valence-corrected chi connectivity index (χ0v) is 26.2. The van der Waals surface area contributed by atoms with Gasteiger partial charge in [0.15, 0.2) is 17.2 Å². The predicted molar refractivity (Wildman–Crippen MR) is 173 cm³/mol. The Bertz CT molecular complexity index is 1420. The molecule has 0 aliphatic carbocycles. The zero-order valence-electron chi connectivity index (χ0n) is 26.2. The zero-order chi connectivity index (χ0) is 31.1. The molecule has 2 heterocycles. The minimum atomic E-state index is -0.254. The fourth-order valence-corrected chi connectivity index (χ4v) is 6.14. The Morgan fingerprint density at radius 1 is 0.864 bits per heavy atom. The summed E-state index contributed by atoms with van der Waals surface area (Å²) < 4.78 is 18.4. The van der Waals surface area contributed by atoms with Crippen LogP contribution in [0.1, 0.15) is 76.1 Å². The van der Waals surface area contributed by atoms with E-state index in [2.05, 4.69) is 27.9 Å². The van der Waals surface area contributed by atoms with Crippen molar-refractivity contribution in [2.24, 2.45) is 0 Å². The fourth-order valence-electron chi connectivity index (χ4n) is 6.14. The molecule has 2 fully saturated rings. The number of fused-ring (bicyclic) bond motifs is 2. The Kier molecular flexibility index (Phi) is 9.95. The first kappa shape index (κ1) is 31.2. The van der Waals surface area contributed by atoms with E-state index < -0.39 is 0 Å². The monoisotopic (exact) mass is 600 g/mol. The number of nitrogens with one attached hydrogen (secondary N) is 3. The molecule has 9 heteroatoms. The first-order valence-electron chi connectivity index (χ1n) is 15.8. The summed E-state index contributed by atoms with van der Waals surface area (Å²) in [6.45, 7) is 6.42. The molecule has 0 saturated carbocycles. The van der Waals surface area contributed by atoms with Crippen molar-refractivity contribution in [2.45, 2.75) is 83.5 Å². The molecule has 0 radical (unpaired) electrons. The third kappa shape index (κ3) is 7.27. The quantitative estimate of drug-likeness (QED) is 0.196. The number of hydrogen-bond acceptors (Lipinski definition) is 6. The number of hydrogen-bond donors (Lipinski definition) is 3. The van der Waals surface area contributed by atoms with Crippen molar-refractivity contribution in [2.75, 3.05) is 24.3 Å². The number of urea groups is 1. The third-order valence-corrected chi connectivity index (χ3v) is 8.75. The summed E-state index contributed by atoms with van der Waals surface area (Å²) in [6.07, 6.45) is 7.42. The van der Waals surface area contributed by atoms with Gasteiger partial charge in [-0.1, -0.05) is 13.8 Å². The number of benzene rings is 3. The van der Waals surface area contributed by atoms with Crippen molar-refractivity contribution in [3.05, 3.63) is 72.3 Å². The standard InChI is InChI=1S/C35H44N4O5/c1-5-25(6-2)37-34(41)38-27-14-19-31(32(23-27)42-7-3)43-29-17-12-26(13-18-29)36-33(40)24-10-15-30(16-11-24)44-35-21-8-9-28(20-22-35)39(35)4/h10-19,23,25,28H,5-9,20-22H2,1-4H3,(H,36,40)(H2,37,38,41). The van der Waals surface area contributed by atoms with Crippen LogP contribution in [0.2, 0.25) is 0 Å². The lowest BCUT2D eigenvalue weighted by molar-refractivity contribution is -0.0823. The van der Waals surface area contributed by atoms with Crippen molar-refractivity contribution < 1.29 is 23.8 Å². The van der Waals surface area contributed by atoms with Gasteiger partial charge in [0.1, 0.15) is 11.5 Å². The van der Waals surface area contributed by atoms with Gasteiger partial charge in [-0.3, -0.25) is 9.69 Å². The summed E-state index contributed by atoms with van der Waals surface area (Å²) in [5, 5.41) is 8.78. The molecule has 2 saturated heterocycles. The molecular formula is C35H44N4O5. The highest BCUT2D eigenvalue weighted by Gasteiger charge is 2.48. The second-order valence-electron chi connectivity index (χ2n) is 11.6. The summed E-state index contributed by atoms with van der Waals surface area (Å²) in [6, 6.07) is 20.3. The Hall–Kier alpha value is -4.24. The lowest BCUT2D eigenvalue weighted by Crippen LogP contribution is -2.51. The van der Waals surface area contributed by atoms with Gasteiger partial charge in [-0.25, -0.2) is 4.79 Å². The molecule has 2 unspecified atom stereocenters. The lowest BCUT2D eigenvalue weighted by Gasteiger charge is -2.42. The molecule has 2 atom stereocenters. The van der Waals surface area contributed by atoms with E-state index in [0.29, 0.717) is 46.8 Å². The van der Waals surface area contributed by atoms with Crippen LogP contribution < -0.4 is 30.2 Å². The Balaban J connectivity index is 1.17. The molecule has 234 valence electrons. The van der Waals surface area contributed by atoms with Gasteiger partial charge in [0, 0.05) is 47.9 Å². The Morgan fingerprint density at radius 2 is 1.57 bits per heavy atom. The molecule has 2 aliphatic heterocycles. The molecule has 3 amide bonds. The Labute approximate surface area is 260 Å². The number of rotatable bonds is 12. The van der Waals surface area contributed by atoms with E-state index in [4.69, 9.17) is 14.2 Å². The summed E-state index contributed by atoms with van der Waals surface area (Å²) in [7, 11) is 2.17. The minimum Gasteiger partial charge on any atom is -0.490 e. The SMILES string of the molecule is CCOc1cc(NC(=O)NC(CC)CC)ccc1Oc1ccc(NC(=O)c2ccc(OC34CCCC(CC3)N4C)cc2)cc1. The van der Waals surface area contributed by atoms with Crippen molar-refractivity contribution in [3.63, 3.8) is 0 Å². The third-order valence-electron chi connectivity index (χ3n) is 8.75. The smallest absolute Gasteiger partial charge is 0.319 e. The number of carbonyl (C=O) groups is 2. The normalized spacial score (nSPS) is 19.3. The van der Waals surface area contributed by atoms with Crippen LogP contribution in [0.25, 0.3) is 0 Å². The number of ether oxygens (including phenoxy) is 3.